The normalized spacial score (nSPS) is 30.2. The van der Waals surface area contributed by atoms with E-state index < -0.39 is 0 Å². The van der Waals surface area contributed by atoms with E-state index in [2.05, 4.69) is 47.6 Å². The summed E-state index contributed by atoms with van der Waals surface area (Å²) < 4.78 is 12.3. The van der Waals surface area contributed by atoms with Crippen LogP contribution in [0.15, 0.2) is 11.5 Å². The zero-order valence-corrected chi connectivity index (χ0v) is 12.1. The van der Waals surface area contributed by atoms with Crippen molar-refractivity contribution >= 4 is 7.12 Å². The maximum absolute atomic E-state index is 6.15. The number of hydrogen-bond donors (Lipinski definition) is 0. The Kier molecular flexibility index (Phi) is 2.99. The first-order valence-electron chi connectivity index (χ1n) is 6.72. The van der Waals surface area contributed by atoms with Crippen LogP contribution in [0.1, 0.15) is 60.8 Å². The van der Waals surface area contributed by atoms with Crippen LogP contribution in [-0.4, -0.2) is 18.3 Å². The van der Waals surface area contributed by atoms with E-state index in [4.69, 9.17) is 9.31 Å². The molecule has 1 saturated heterocycles. The molecule has 2 aliphatic rings. The predicted octanol–water partition coefficient (Wildman–Crippen LogP) is 3.75. The Hall–Kier alpha value is -0.275. The van der Waals surface area contributed by atoms with E-state index in [9.17, 15) is 0 Å². The Labute approximate surface area is 106 Å². The minimum Gasteiger partial charge on any atom is -0.400 e. The molecule has 1 fully saturated rings. The smallest absolute Gasteiger partial charge is 0.400 e. The van der Waals surface area contributed by atoms with E-state index in [1.54, 1.807) is 0 Å². The second-order valence-corrected chi connectivity index (χ2v) is 7.02. The van der Waals surface area contributed by atoms with Crippen LogP contribution in [-0.2, 0) is 9.31 Å². The van der Waals surface area contributed by atoms with Gasteiger partial charge in [0.25, 0.3) is 0 Å². The van der Waals surface area contributed by atoms with Gasteiger partial charge in [-0.25, -0.2) is 0 Å². The van der Waals surface area contributed by atoms with Crippen LogP contribution in [0.5, 0.6) is 0 Å². The molecule has 0 amide bonds. The summed E-state index contributed by atoms with van der Waals surface area (Å²) in [6.45, 7) is 13.0. The van der Waals surface area contributed by atoms with Crippen molar-refractivity contribution < 1.29 is 9.31 Å². The van der Waals surface area contributed by atoms with Gasteiger partial charge in [-0.1, -0.05) is 19.9 Å². The molecule has 17 heavy (non-hydrogen) atoms. The molecule has 0 spiro atoms. The zero-order chi connectivity index (χ0) is 12.9. The Morgan fingerprint density at radius 2 is 1.53 bits per heavy atom. The topological polar surface area (TPSA) is 18.5 Å². The Balaban J connectivity index is 2.24. The molecule has 0 unspecified atom stereocenters. The highest BCUT2D eigenvalue weighted by Gasteiger charge is 2.54. The fourth-order valence-electron chi connectivity index (χ4n) is 2.61. The molecule has 2 nitrogen and oxygen atoms in total. The lowest BCUT2D eigenvalue weighted by atomic mass is 9.60. The Bertz CT molecular complexity index is 326. The molecule has 96 valence electrons. The molecule has 0 aromatic carbocycles. The molecule has 0 radical (unpaired) electrons. The van der Waals surface area contributed by atoms with Gasteiger partial charge in [0, 0.05) is 0 Å². The van der Waals surface area contributed by atoms with E-state index in [0.29, 0.717) is 0 Å². The lowest BCUT2D eigenvalue weighted by molar-refractivity contribution is 0.00578. The molecule has 0 aromatic rings. The summed E-state index contributed by atoms with van der Waals surface area (Å²) in [5.74, 6) is 0. The van der Waals surface area contributed by atoms with Crippen molar-refractivity contribution in [2.75, 3.05) is 0 Å². The van der Waals surface area contributed by atoms with Crippen LogP contribution in [0, 0.1) is 5.41 Å². The third kappa shape index (κ3) is 2.20. The Morgan fingerprint density at radius 3 is 2.00 bits per heavy atom. The molecule has 1 heterocycles. The standard InChI is InChI=1S/C14H25BO2/c1-12(2)10-8-7-9-11(12)15-16-13(3,4)14(5,6)17-15/h9H,7-8,10H2,1-6H3. The third-order valence-corrected chi connectivity index (χ3v) is 4.66. The van der Waals surface area contributed by atoms with Gasteiger partial charge in [-0.2, -0.15) is 0 Å². The van der Waals surface area contributed by atoms with Gasteiger partial charge in [0.15, 0.2) is 0 Å². The molecule has 0 saturated carbocycles. The summed E-state index contributed by atoms with van der Waals surface area (Å²) in [6.07, 6.45) is 5.98. The highest BCUT2D eigenvalue weighted by molar-refractivity contribution is 6.55. The second-order valence-electron chi connectivity index (χ2n) is 7.02. The van der Waals surface area contributed by atoms with E-state index in [1.165, 1.54) is 18.3 Å². The van der Waals surface area contributed by atoms with Gasteiger partial charge in [0.1, 0.15) is 0 Å². The monoisotopic (exact) mass is 236 g/mol. The average Bonchev–Trinajstić information content (AvgIpc) is 2.34. The highest BCUT2D eigenvalue weighted by Crippen LogP contribution is 2.45. The van der Waals surface area contributed by atoms with Crippen molar-refractivity contribution in [1.82, 2.24) is 0 Å². The fourth-order valence-corrected chi connectivity index (χ4v) is 2.61. The van der Waals surface area contributed by atoms with Gasteiger partial charge < -0.3 is 9.31 Å². The molecule has 0 aromatic heterocycles. The molecule has 0 bridgehead atoms. The van der Waals surface area contributed by atoms with Crippen molar-refractivity contribution in [3.8, 4) is 0 Å². The Morgan fingerprint density at radius 1 is 1.00 bits per heavy atom. The maximum Gasteiger partial charge on any atom is 0.490 e. The summed E-state index contributed by atoms with van der Waals surface area (Å²) in [6, 6.07) is 0. The van der Waals surface area contributed by atoms with Gasteiger partial charge in [-0.15, -0.1) is 0 Å². The van der Waals surface area contributed by atoms with E-state index >= 15 is 0 Å². The van der Waals surface area contributed by atoms with Crippen LogP contribution in [0.3, 0.4) is 0 Å². The molecular weight excluding hydrogens is 211 g/mol. The van der Waals surface area contributed by atoms with Crippen molar-refractivity contribution in [3.05, 3.63) is 11.5 Å². The summed E-state index contributed by atoms with van der Waals surface area (Å²) in [4.78, 5) is 0. The first-order chi connectivity index (χ1) is 7.66. The van der Waals surface area contributed by atoms with Gasteiger partial charge in [-0.3, -0.25) is 0 Å². The van der Waals surface area contributed by atoms with Crippen LogP contribution >= 0.6 is 0 Å². The molecule has 0 atom stereocenters. The lowest BCUT2D eigenvalue weighted by Gasteiger charge is -2.33. The molecule has 3 heteroatoms. The second kappa shape index (κ2) is 3.86. The van der Waals surface area contributed by atoms with Gasteiger partial charge in [0.05, 0.1) is 11.2 Å². The summed E-state index contributed by atoms with van der Waals surface area (Å²) in [7, 11) is -0.157. The number of rotatable bonds is 1. The maximum atomic E-state index is 6.15. The van der Waals surface area contributed by atoms with Gasteiger partial charge in [-0.05, 0) is 57.8 Å². The molecule has 2 rings (SSSR count). The van der Waals surface area contributed by atoms with Gasteiger partial charge >= 0.3 is 7.12 Å². The van der Waals surface area contributed by atoms with E-state index in [-0.39, 0.29) is 23.7 Å². The third-order valence-electron chi connectivity index (χ3n) is 4.66. The summed E-state index contributed by atoms with van der Waals surface area (Å²) in [5, 5.41) is 0. The van der Waals surface area contributed by atoms with Crippen molar-refractivity contribution in [3.63, 3.8) is 0 Å². The van der Waals surface area contributed by atoms with Crippen molar-refractivity contribution in [1.29, 1.82) is 0 Å². The number of hydrogen-bond acceptors (Lipinski definition) is 2. The number of allylic oxidation sites excluding steroid dienone is 2. The quantitative estimate of drug-likeness (QED) is 0.645. The van der Waals surface area contributed by atoms with Crippen LogP contribution in [0.4, 0.5) is 0 Å². The highest BCUT2D eigenvalue weighted by atomic mass is 16.7. The molecular formula is C14H25BO2. The molecule has 1 aliphatic heterocycles. The zero-order valence-electron chi connectivity index (χ0n) is 12.1. The molecule has 1 aliphatic carbocycles. The van der Waals surface area contributed by atoms with Gasteiger partial charge in [0.2, 0.25) is 0 Å². The lowest BCUT2D eigenvalue weighted by Crippen LogP contribution is -2.41. The molecule has 0 N–H and O–H groups in total. The SMILES string of the molecule is CC1(C)CCCC=C1B1OC(C)(C)C(C)(C)O1. The first kappa shape index (κ1) is 13.2. The fraction of sp³-hybridized carbons (Fsp3) is 0.857. The van der Waals surface area contributed by atoms with Crippen molar-refractivity contribution in [2.24, 2.45) is 5.41 Å². The largest absolute Gasteiger partial charge is 0.490 e. The van der Waals surface area contributed by atoms with E-state index in [1.807, 2.05) is 0 Å². The van der Waals surface area contributed by atoms with Crippen LogP contribution < -0.4 is 0 Å². The van der Waals surface area contributed by atoms with Crippen LogP contribution in [0.2, 0.25) is 0 Å². The summed E-state index contributed by atoms with van der Waals surface area (Å²) in [5.41, 5.74) is 1.08. The predicted molar refractivity (Wildman–Crippen MR) is 71.8 cm³/mol. The van der Waals surface area contributed by atoms with E-state index in [0.717, 1.165) is 6.42 Å². The minimum absolute atomic E-state index is 0.157. The summed E-state index contributed by atoms with van der Waals surface area (Å²) >= 11 is 0. The van der Waals surface area contributed by atoms with Crippen molar-refractivity contribution in [2.45, 2.75) is 72.0 Å². The minimum atomic E-state index is -0.230. The van der Waals surface area contributed by atoms with Crippen LogP contribution in [0.25, 0.3) is 0 Å². The first-order valence-corrected chi connectivity index (χ1v) is 6.72. The average molecular weight is 236 g/mol.